The molecule has 21 heavy (non-hydrogen) atoms. The molecular formula is C12H19N3O5S. The number of hydrogen-bond acceptors (Lipinski definition) is 5. The Morgan fingerprint density at radius 1 is 1.38 bits per heavy atom. The third-order valence-corrected chi connectivity index (χ3v) is 4.60. The zero-order valence-electron chi connectivity index (χ0n) is 12.2. The van der Waals surface area contributed by atoms with E-state index in [-0.39, 0.29) is 25.1 Å². The van der Waals surface area contributed by atoms with Gasteiger partial charge in [-0.2, -0.15) is 4.98 Å². The molecule has 0 aliphatic heterocycles. The monoisotopic (exact) mass is 317 g/mol. The molecule has 0 spiro atoms. The van der Waals surface area contributed by atoms with Crippen LogP contribution in [0.3, 0.4) is 0 Å². The molecule has 0 bridgehead atoms. The summed E-state index contributed by atoms with van der Waals surface area (Å²) in [4.78, 5) is 26.4. The maximum absolute atomic E-state index is 11.9. The number of aliphatic carboxylic acids is 1. The third kappa shape index (κ3) is 4.64. The van der Waals surface area contributed by atoms with Crippen LogP contribution in [-0.2, 0) is 27.8 Å². The summed E-state index contributed by atoms with van der Waals surface area (Å²) >= 11 is 0. The van der Waals surface area contributed by atoms with Gasteiger partial charge in [0.2, 0.25) is 10.0 Å². The highest BCUT2D eigenvalue weighted by atomic mass is 32.2. The lowest BCUT2D eigenvalue weighted by molar-refractivity contribution is -0.136. The summed E-state index contributed by atoms with van der Waals surface area (Å²) in [5.74, 6) is -1.18. The minimum Gasteiger partial charge on any atom is -0.481 e. The van der Waals surface area contributed by atoms with E-state index < -0.39 is 21.7 Å². The molecule has 0 aliphatic carbocycles. The Labute approximate surface area is 122 Å². The van der Waals surface area contributed by atoms with Gasteiger partial charge in [0.1, 0.15) is 0 Å². The number of hydrogen-bond donors (Lipinski definition) is 2. The van der Waals surface area contributed by atoms with Crippen molar-refractivity contribution >= 4 is 16.0 Å². The SMILES string of the molecule is CNS(=O)(=O)CCn1c(C)c(CCC(=O)O)c(C)nc1=O. The van der Waals surface area contributed by atoms with E-state index in [0.29, 0.717) is 17.0 Å². The summed E-state index contributed by atoms with van der Waals surface area (Å²) in [6.45, 7) is 3.28. The molecule has 0 fully saturated rings. The number of nitrogens with one attached hydrogen (secondary N) is 1. The predicted molar refractivity (Wildman–Crippen MR) is 76.8 cm³/mol. The maximum atomic E-state index is 11.9. The molecule has 0 saturated carbocycles. The van der Waals surface area contributed by atoms with Crippen LogP contribution in [0.1, 0.15) is 23.4 Å². The summed E-state index contributed by atoms with van der Waals surface area (Å²) in [6.07, 6.45) is 0.176. The molecule has 0 radical (unpaired) electrons. The van der Waals surface area contributed by atoms with Crippen molar-refractivity contribution in [3.8, 4) is 0 Å². The van der Waals surface area contributed by atoms with Gasteiger partial charge in [0, 0.05) is 24.4 Å². The second-order valence-electron chi connectivity index (χ2n) is 4.61. The van der Waals surface area contributed by atoms with Gasteiger partial charge in [-0.3, -0.25) is 9.36 Å². The molecule has 1 rings (SSSR count). The van der Waals surface area contributed by atoms with Crippen molar-refractivity contribution in [2.24, 2.45) is 0 Å². The van der Waals surface area contributed by atoms with Crippen molar-refractivity contribution in [1.82, 2.24) is 14.3 Å². The van der Waals surface area contributed by atoms with Crippen LogP contribution in [-0.4, -0.2) is 41.8 Å². The Morgan fingerprint density at radius 3 is 2.52 bits per heavy atom. The molecule has 0 aliphatic rings. The molecule has 8 nitrogen and oxygen atoms in total. The first-order valence-electron chi connectivity index (χ1n) is 6.38. The van der Waals surface area contributed by atoms with E-state index in [1.165, 1.54) is 11.6 Å². The molecule has 0 unspecified atom stereocenters. The second kappa shape index (κ2) is 6.81. The molecule has 2 N–H and O–H groups in total. The van der Waals surface area contributed by atoms with Crippen LogP contribution < -0.4 is 10.4 Å². The van der Waals surface area contributed by atoms with Crippen LogP contribution in [0, 0.1) is 13.8 Å². The molecule has 1 heterocycles. The number of rotatable bonds is 7. The van der Waals surface area contributed by atoms with Crippen molar-refractivity contribution in [2.45, 2.75) is 33.2 Å². The van der Waals surface area contributed by atoms with Crippen molar-refractivity contribution in [1.29, 1.82) is 0 Å². The van der Waals surface area contributed by atoms with E-state index in [2.05, 4.69) is 9.71 Å². The highest BCUT2D eigenvalue weighted by Gasteiger charge is 2.15. The van der Waals surface area contributed by atoms with Gasteiger partial charge in [-0.25, -0.2) is 17.9 Å². The minimum absolute atomic E-state index is 0.0266. The van der Waals surface area contributed by atoms with Gasteiger partial charge < -0.3 is 5.11 Å². The van der Waals surface area contributed by atoms with Crippen molar-refractivity contribution in [2.75, 3.05) is 12.8 Å². The first kappa shape index (κ1) is 17.3. The number of sulfonamides is 1. The van der Waals surface area contributed by atoms with Gasteiger partial charge in [-0.15, -0.1) is 0 Å². The summed E-state index contributed by atoms with van der Waals surface area (Å²) in [5.41, 5.74) is 1.17. The smallest absolute Gasteiger partial charge is 0.348 e. The lowest BCUT2D eigenvalue weighted by Crippen LogP contribution is -2.32. The number of carboxylic acid groups (broad SMARTS) is 1. The number of carboxylic acids is 1. The maximum Gasteiger partial charge on any atom is 0.348 e. The molecule has 1 aromatic heterocycles. The van der Waals surface area contributed by atoms with Crippen LogP contribution in [0.5, 0.6) is 0 Å². The number of aryl methyl sites for hydroxylation is 1. The predicted octanol–water partition coefficient (Wildman–Crippen LogP) is -0.573. The standard InChI is InChI=1S/C12H19N3O5S/c1-8-10(4-5-11(16)17)9(2)15(12(18)14-8)6-7-21(19,20)13-3/h13H,4-7H2,1-3H3,(H,16,17). The molecule has 118 valence electrons. The Morgan fingerprint density at radius 2 is 2.00 bits per heavy atom. The first-order valence-corrected chi connectivity index (χ1v) is 8.03. The third-order valence-electron chi connectivity index (χ3n) is 3.26. The lowest BCUT2D eigenvalue weighted by Gasteiger charge is -2.15. The fourth-order valence-corrected chi connectivity index (χ4v) is 2.64. The summed E-state index contributed by atoms with van der Waals surface area (Å²) in [7, 11) is -2.13. The van der Waals surface area contributed by atoms with Gasteiger partial charge in [0.15, 0.2) is 0 Å². The van der Waals surface area contributed by atoms with Gasteiger partial charge in [0.25, 0.3) is 0 Å². The van der Waals surface area contributed by atoms with E-state index in [0.717, 1.165) is 0 Å². The first-order chi connectivity index (χ1) is 9.68. The quantitative estimate of drug-likeness (QED) is 0.695. The molecule has 9 heteroatoms. The van der Waals surface area contributed by atoms with Gasteiger partial charge in [-0.05, 0) is 32.9 Å². The van der Waals surface area contributed by atoms with Crippen molar-refractivity contribution in [3.63, 3.8) is 0 Å². The Kier molecular flexibility index (Phi) is 5.62. The molecule has 0 saturated heterocycles. The Hall–Kier alpha value is -1.74. The fraction of sp³-hybridized carbons (Fsp3) is 0.583. The fourth-order valence-electron chi connectivity index (χ4n) is 2.01. The normalized spacial score (nSPS) is 11.6. The van der Waals surface area contributed by atoms with E-state index in [4.69, 9.17) is 5.11 Å². The van der Waals surface area contributed by atoms with Crippen molar-refractivity contribution in [3.05, 3.63) is 27.4 Å². The second-order valence-corrected chi connectivity index (χ2v) is 6.66. The van der Waals surface area contributed by atoms with Gasteiger partial charge in [-0.1, -0.05) is 0 Å². The van der Waals surface area contributed by atoms with Crippen molar-refractivity contribution < 1.29 is 18.3 Å². The Bertz CT molecular complexity index is 694. The molecule has 0 aromatic carbocycles. The number of aromatic nitrogens is 2. The minimum atomic E-state index is -3.43. The highest BCUT2D eigenvalue weighted by molar-refractivity contribution is 7.89. The lowest BCUT2D eigenvalue weighted by atomic mass is 10.1. The number of carbonyl (C=O) groups is 1. The summed E-state index contributed by atoms with van der Waals surface area (Å²) in [5, 5.41) is 8.75. The van der Waals surface area contributed by atoms with Gasteiger partial charge >= 0.3 is 11.7 Å². The van der Waals surface area contributed by atoms with Crippen LogP contribution in [0.15, 0.2) is 4.79 Å². The van der Waals surface area contributed by atoms with Crippen LogP contribution in [0.25, 0.3) is 0 Å². The zero-order valence-corrected chi connectivity index (χ0v) is 13.0. The van der Waals surface area contributed by atoms with E-state index in [1.807, 2.05) is 0 Å². The molecular weight excluding hydrogens is 298 g/mol. The Balaban J connectivity index is 3.12. The molecule has 1 aromatic rings. The average molecular weight is 317 g/mol. The zero-order chi connectivity index (χ0) is 16.2. The summed E-state index contributed by atoms with van der Waals surface area (Å²) in [6, 6.07) is 0. The topological polar surface area (TPSA) is 118 Å². The van der Waals surface area contributed by atoms with E-state index in [9.17, 15) is 18.0 Å². The van der Waals surface area contributed by atoms with Crippen LogP contribution >= 0.6 is 0 Å². The molecule has 0 amide bonds. The number of nitrogens with zero attached hydrogens (tertiary/aromatic N) is 2. The van der Waals surface area contributed by atoms with Gasteiger partial charge in [0.05, 0.1) is 5.75 Å². The van der Waals surface area contributed by atoms with Crippen LogP contribution in [0.2, 0.25) is 0 Å². The van der Waals surface area contributed by atoms with Crippen LogP contribution in [0.4, 0.5) is 0 Å². The average Bonchev–Trinajstić information content (AvgIpc) is 2.37. The largest absolute Gasteiger partial charge is 0.481 e. The highest BCUT2D eigenvalue weighted by Crippen LogP contribution is 2.12. The molecule has 0 atom stereocenters. The van der Waals surface area contributed by atoms with E-state index in [1.54, 1.807) is 13.8 Å². The summed E-state index contributed by atoms with van der Waals surface area (Å²) < 4.78 is 26.3. The van der Waals surface area contributed by atoms with E-state index >= 15 is 0 Å².